The first kappa shape index (κ1) is 31.6. The first-order chi connectivity index (χ1) is 35.4. The van der Waals surface area contributed by atoms with Crippen molar-refractivity contribution in [3.8, 4) is 56.0 Å². The number of pyridine rings is 1. The number of para-hydroxylation sites is 4. The van der Waals surface area contributed by atoms with Gasteiger partial charge >= 0.3 is 0 Å². The molecule has 0 spiro atoms. The number of rotatable bonds is 7. The number of aryl methyl sites for hydroxylation is 1. The van der Waals surface area contributed by atoms with E-state index in [-0.39, 0.29) is 54.4 Å². The van der Waals surface area contributed by atoms with Crippen LogP contribution in [0.3, 0.4) is 0 Å². The van der Waals surface area contributed by atoms with Crippen LogP contribution in [0.15, 0.2) is 194 Å². The van der Waals surface area contributed by atoms with E-state index in [4.69, 9.17) is 23.4 Å². The summed E-state index contributed by atoms with van der Waals surface area (Å²) >= 11 is 0. The van der Waals surface area contributed by atoms with Gasteiger partial charge in [0.1, 0.15) is 5.82 Å². The standard InChI is InChI=1S/C59H45N4O.Pt/c1-40-29-31-49-51-32-30-46(38-56(51)63(53-26-12-11-23-50(53)52(49)35-40)57-36-43(33-34-60-57)59(2,3)4)64-45-22-15-21-44(37-45)61-39-62(55-28-14-13-27-54(55)61)58-47(41-17-7-5-8-18-41)24-16-25-48(58)42-19-9-6-10-20-42;/h5-36,39H,1-4H3;/q-3;/i5D,6D,7D,8D,9D,10D,17D,18D,19D,20D;. The van der Waals surface area contributed by atoms with Crippen molar-refractivity contribution in [1.82, 2.24) is 4.98 Å². The molecular formula is C59H45N4OPt-3. The van der Waals surface area contributed by atoms with E-state index in [1.165, 1.54) is 0 Å². The Morgan fingerprint density at radius 3 is 1.89 bits per heavy atom. The quantitative estimate of drug-likeness (QED) is 0.149. The molecule has 5 nitrogen and oxygen atoms in total. The molecule has 0 fully saturated rings. The van der Waals surface area contributed by atoms with Crippen LogP contribution in [0.25, 0.3) is 44.5 Å². The molecule has 9 aromatic rings. The van der Waals surface area contributed by atoms with Crippen LogP contribution in [0.1, 0.15) is 45.6 Å². The number of aromatic nitrogens is 1. The minimum atomic E-state index is -0.566. The Hall–Kier alpha value is -7.20. The van der Waals surface area contributed by atoms with Crippen LogP contribution in [0.4, 0.5) is 39.9 Å². The second-order valence-electron chi connectivity index (χ2n) is 16.7. The molecule has 8 aromatic carbocycles. The third-order valence-electron chi connectivity index (χ3n) is 11.5. The van der Waals surface area contributed by atoms with Crippen LogP contribution in [0, 0.1) is 25.7 Å². The molecule has 6 heteroatoms. The minimum Gasteiger partial charge on any atom is -0.509 e. The van der Waals surface area contributed by atoms with Crippen LogP contribution in [-0.2, 0) is 26.5 Å². The maximum atomic E-state index is 9.05. The summed E-state index contributed by atoms with van der Waals surface area (Å²) in [5.74, 6) is 1.52. The number of fused-ring (bicyclic) bond motifs is 6. The largest absolute Gasteiger partial charge is 0.509 e. The van der Waals surface area contributed by atoms with E-state index in [0.717, 1.165) is 50.6 Å². The first-order valence-corrected chi connectivity index (χ1v) is 21.0. The van der Waals surface area contributed by atoms with Gasteiger partial charge in [0.25, 0.3) is 0 Å². The van der Waals surface area contributed by atoms with Gasteiger partial charge in [-0.25, -0.2) is 4.98 Å². The van der Waals surface area contributed by atoms with E-state index in [9.17, 15) is 0 Å². The number of nitrogens with zero attached hydrogens (tertiary/aromatic N) is 4. The summed E-state index contributed by atoms with van der Waals surface area (Å²) < 4.78 is 94.0. The third-order valence-corrected chi connectivity index (χ3v) is 11.5. The van der Waals surface area contributed by atoms with Crippen LogP contribution >= 0.6 is 0 Å². The van der Waals surface area contributed by atoms with Gasteiger partial charge in [0.15, 0.2) is 0 Å². The van der Waals surface area contributed by atoms with E-state index in [0.29, 0.717) is 28.6 Å². The van der Waals surface area contributed by atoms with Crippen molar-refractivity contribution < 1.29 is 39.5 Å². The Morgan fingerprint density at radius 1 is 0.569 bits per heavy atom. The smallest absolute Gasteiger partial charge is 0.135 e. The Bertz CT molecular complexity index is 3660. The number of anilines is 7. The van der Waals surface area contributed by atoms with Crippen molar-refractivity contribution in [2.75, 3.05) is 14.7 Å². The number of ether oxygens (including phenoxy) is 1. The first-order valence-electron chi connectivity index (χ1n) is 26.0. The summed E-state index contributed by atoms with van der Waals surface area (Å²) in [6.45, 7) is 10.4. The molecule has 65 heavy (non-hydrogen) atoms. The molecule has 2 aliphatic heterocycles. The van der Waals surface area contributed by atoms with Gasteiger partial charge in [0.2, 0.25) is 0 Å². The van der Waals surface area contributed by atoms with Gasteiger partial charge < -0.3 is 19.4 Å². The fourth-order valence-corrected chi connectivity index (χ4v) is 8.51. The molecule has 2 aliphatic rings. The predicted molar refractivity (Wildman–Crippen MR) is 263 cm³/mol. The average molecular weight is 1030 g/mol. The second-order valence-corrected chi connectivity index (χ2v) is 16.7. The normalized spacial score (nSPS) is 14.8. The molecule has 320 valence electrons. The summed E-state index contributed by atoms with van der Waals surface area (Å²) in [4.78, 5) is 10.7. The number of hydrogen-bond donors (Lipinski definition) is 0. The Morgan fingerprint density at radius 2 is 1.18 bits per heavy atom. The van der Waals surface area contributed by atoms with Crippen LogP contribution in [0.5, 0.6) is 11.5 Å². The molecule has 0 saturated heterocycles. The molecule has 0 aliphatic carbocycles. The molecule has 11 rings (SSSR count). The van der Waals surface area contributed by atoms with Crippen molar-refractivity contribution in [3.63, 3.8) is 0 Å². The maximum absolute atomic E-state index is 9.05. The number of benzene rings is 8. The van der Waals surface area contributed by atoms with Gasteiger partial charge in [-0.1, -0.05) is 165 Å². The van der Waals surface area contributed by atoms with Crippen LogP contribution < -0.4 is 19.4 Å². The van der Waals surface area contributed by atoms with Gasteiger partial charge in [-0.05, 0) is 64.9 Å². The topological polar surface area (TPSA) is 31.8 Å². The molecule has 0 saturated carbocycles. The molecule has 0 radical (unpaired) electrons. The Kier molecular flexibility index (Phi) is 8.30. The monoisotopic (exact) mass is 1030 g/mol. The zero-order chi connectivity index (χ0) is 52.1. The molecule has 0 amide bonds. The SMILES string of the molecule is [2H]c1c([2H])c([2H])c(-c2cccc(-c3c([2H])c([2H])c([2H])c([2H])c3[2H])c2N2[CH-]N(c3[c-]c(Oc4[c-]c5c(cc4)-c4ccc(C)cc4-c4ccccc4N5c4cc(C(C)(C)C)ccn4)ccc3)c3ccccc32)c([2H])c1[2H].[Pt]. The molecule has 0 bridgehead atoms. The van der Waals surface area contributed by atoms with E-state index >= 15 is 0 Å². The van der Waals surface area contributed by atoms with Gasteiger partial charge in [-0.2, -0.15) is 12.1 Å². The Balaban J connectivity index is 0.00000641. The average Bonchev–Trinajstić information content (AvgIpc) is 3.74. The molecule has 1 aromatic heterocycles. The van der Waals surface area contributed by atoms with Gasteiger partial charge in [0, 0.05) is 72.5 Å². The van der Waals surface area contributed by atoms with Crippen molar-refractivity contribution in [2.45, 2.75) is 33.1 Å². The minimum absolute atomic E-state index is 0. The summed E-state index contributed by atoms with van der Waals surface area (Å²) in [5.41, 5.74) is 10.0. The fraction of sp³-hybridized carbons (Fsp3) is 0.0847. The Labute approximate surface area is 410 Å². The third kappa shape index (κ3) is 7.70. The maximum Gasteiger partial charge on any atom is 0.135 e. The van der Waals surface area contributed by atoms with E-state index < -0.39 is 60.4 Å². The van der Waals surface area contributed by atoms with Crippen molar-refractivity contribution in [1.29, 1.82) is 0 Å². The summed E-state index contributed by atoms with van der Waals surface area (Å²) in [5, 5.41) is 0. The van der Waals surface area contributed by atoms with Gasteiger partial charge in [0.05, 0.1) is 19.4 Å². The van der Waals surface area contributed by atoms with E-state index in [1.807, 2.05) is 77.8 Å². The zero-order valence-corrected chi connectivity index (χ0v) is 38.1. The number of hydrogen-bond acceptors (Lipinski definition) is 5. The predicted octanol–water partition coefficient (Wildman–Crippen LogP) is 15.9. The van der Waals surface area contributed by atoms with Crippen molar-refractivity contribution >= 4 is 39.9 Å². The second kappa shape index (κ2) is 17.1. The zero-order valence-electron chi connectivity index (χ0n) is 45.8. The van der Waals surface area contributed by atoms with Crippen molar-refractivity contribution in [2.24, 2.45) is 0 Å². The fourth-order valence-electron chi connectivity index (χ4n) is 8.51. The van der Waals surface area contributed by atoms with Crippen LogP contribution in [-0.4, -0.2) is 4.98 Å². The van der Waals surface area contributed by atoms with Gasteiger partial charge in [-0.15, -0.1) is 48.3 Å². The van der Waals surface area contributed by atoms with E-state index in [1.54, 1.807) is 35.8 Å². The summed E-state index contributed by atoms with van der Waals surface area (Å²) in [6.07, 6.45) is 1.85. The molecule has 3 heterocycles. The molecular weight excluding hydrogens is 976 g/mol. The molecule has 0 N–H and O–H groups in total. The molecule has 0 atom stereocenters. The van der Waals surface area contributed by atoms with Crippen molar-refractivity contribution in [3.05, 3.63) is 224 Å². The summed E-state index contributed by atoms with van der Waals surface area (Å²) in [7, 11) is 0. The van der Waals surface area contributed by atoms with Gasteiger partial charge in [-0.3, -0.25) is 0 Å². The molecule has 0 unspecified atom stereocenters. The van der Waals surface area contributed by atoms with E-state index in [2.05, 4.69) is 81.1 Å². The summed E-state index contributed by atoms with van der Waals surface area (Å²) in [6, 6.07) is 42.6. The van der Waals surface area contributed by atoms with Crippen LogP contribution in [0.2, 0.25) is 0 Å².